The van der Waals surface area contributed by atoms with Crippen LogP contribution in [0.1, 0.15) is 114 Å². The molecule has 4 heterocycles. The first-order valence-corrected chi connectivity index (χ1v) is 45.4. The van der Waals surface area contributed by atoms with E-state index >= 15 is 4.79 Å². The van der Waals surface area contributed by atoms with Crippen molar-refractivity contribution in [2.75, 3.05) is 107 Å². The van der Waals surface area contributed by atoms with Crippen molar-refractivity contribution in [3.8, 4) is 28.4 Å². The van der Waals surface area contributed by atoms with Crippen LogP contribution in [0.2, 0.25) is 51.4 Å². The number of hydrogen-bond donors (Lipinski definition) is 2. The summed E-state index contributed by atoms with van der Waals surface area (Å²) in [4.78, 5) is 110. The number of piperazine rings is 1. The molecule has 12 rings (SSSR count). The molecule has 2 N–H and O–H groups in total. The minimum Gasteiger partial charge on any atom is -0.493 e. The average Bonchev–Trinajstić information content (AvgIpc) is 1.63. The third-order valence-corrected chi connectivity index (χ3v) is 25.0. The first kappa shape index (κ1) is 77.4. The Balaban J connectivity index is 0.660. The van der Waals surface area contributed by atoms with Crippen LogP contribution in [0.15, 0.2) is 134 Å². The molecule has 6 aliphatic rings. The number of Topliss-reactive ketones (excluding diaryl/α,β-unsaturated/α-hetero) is 2. The highest BCUT2D eigenvalue weighted by Gasteiger charge is 2.47. The number of rotatable bonds is 31. The number of benzene rings is 6. The number of nitrogens with zero attached hydrogens (tertiary/aromatic N) is 5. The van der Waals surface area contributed by atoms with Crippen molar-refractivity contribution in [2.24, 2.45) is 23.7 Å². The SMILES string of the molecule is COc1cc2c(cc1OCCCCCOc1cc3c(cc1C)C(=O)C1C=C(c4ccc(NC(=O)[C@H](C)CC(=O)[C@@H](NC(=O)OCC5c6ccccc6-c6ccccc65)C(C)C)cc4)C[C@H]1C(=O)N3COCC[Si](C)(C)C)N(COCC[Si](C)(C)C)C(=O)[C@@H]1CC(c3ccc(N4CCN(C)CC4)cc3)=CN1C2=O. The topological polar surface area (TPSA) is 215 Å². The molecule has 22 heteroatoms. The summed E-state index contributed by atoms with van der Waals surface area (Å²) >= 11 is 0. The molecule has 6 aromatic carbocycles. The van der Waals surface area contributed by atoms with Crippen LogP contribution < -0.4 is 39.5 Å². The number of fused-ring (bicyclic) bond motifs is 7. The van der Waals surface area contributed by atoms with Crippen LogP contribution in [-0.2, 0) is 33.4 Å². The number of alkyl carbamates (subject to hydrolysis) is 1. The number of allylic oxidation sites excluding steroid dienone is 2. The van der Waals surface area contributed by atoms with Crippen LogP contribution in [0.3, 0.4) is 0 Å². The van der Waals surface area contributed by atoms with Crippen molar-refractivity contribution in [3.05, 3.63) is 173 Å². The number of anilines is 4. The van der Waals surface area contributed by atoms with Crippen LogP contribution in [-0.4, -0.2) is 166 Å². The van der Waals surface area contributed by atoms with E-state index in [0.717, 1.165) is 100 Å². The molecule has 566 valence electrons. The Labute approximate surface area is 632 Å². The normalized spacial score (nSPS) is 18.5. The monoisotopic (exact) mass is 1490 g/mol. The highest BCUT2D eigenvalue weighted by Crippen LogP contribution is 2.48. The minimum absolute atomic E-state index is 0.0238. The fraction of sp³-hybridized carbons (Fsp3) is 0.447. The van der Waals surface area contributed by atoms with Crippen LogP contribution in [0.5, 0.6) is 17.2 Å². The number of carbonyl (C=O) groups excluding carboxylic acids is 7. The van der Waals surface area contributed by atoms with Gasteiger partial charge in [0.25, 0.3) is 11.8 Å². The number of amides is 5. The Morgan fingerprint density at radius 1 is 0.617 bits per heavy atom. The van der Waals surface area contributed by atoms with E-state index in [9.17, 15) is 28.8 Å². The standard InChI is InChI=1S/C85H105N7O13Si2/c1-54(2)79(87-85(99)105-51-71-65-22-16-14-20-63(65)64-21-15-17-23-66(64)71)75(93)43-56(4)81(95)86-61-28-24-57(25-29-61)59-44-67-68(45-59)82(96)91(52-101-38-40-106(7,8)9)72-48-76(55(3)42-69(72)80(67)94)103-36-18-13-19-37-104-78-49-73-70(47-77(78)100-6)83(97)90-50-60(46-74(90)84(98)92(73)53-102-39-41-107(10,11)12)58-26-30-62(31-27-58)89-34-32-88(5)33-35-89/h14-17,20-31,42,44,47-50,54,56,67-68,71,74,79H,13,18-19,32-41,43,45-46,51-53H2,1-12H3,(H,86,95)(H,87,99)/t56-,67?,68-,74+,79+/m1/s1. The summed E-state index contributed by atoms with van der Waals surface area (Å²) in [7, 11) is 0.720. The number of ether oxygens (including phenoxy) is 6. The Kier molecular flexibility index (Phi) is 24.3. The number of likely N-dealkylation sites (N-methyl/N-ethyl adjacent to an activating group) is 1. The zero-order valence-electron chi connectivity index (χ0n) is 64.2. The summed E-state index contributed by atoms with van der Waals surface area (Å²) in [5.74, 6) is -2.78. The average molecular weight is 1490 g/mol. The second-order valence-electron chi connectivity index (χ2n) is 32.3. The maximum absolute atomic E-state index is 15.0. The summed E-state index contributed by atoms with van der Waals surface area (Å²) in [5.41, 5.74) is 11.9. The largest absolute Gasteiger partial charge is 0.493 e. The van der Waals surface area contributed by atoms with E-state index in [0.29, 0.717) is 97.5 Å². The number of hydrogen-bond acceptors (Lipinski definition) is 15. The van der Waals surface area contributed by atoms with Crippen molar-refractivity contribution < 1.29 is 62.0 Å². The van der Waals surface area contributed by atoms with Crippen molar-refractivity contribution >= 4 is 91.3 Å². The molecule has 2 aliphatic carbocycles. The molecule has 1 saturated heterocycles. The van der Waals surface area contributed by atoms with Crippen molar-refractivity contribution in [3.63, 3.8) is 0 Å². The van der Waals surface area contributed by atoms with Crippen molar-refractivity contribution in [2.45, 2.75) is 136 Å². The number of ketones is 2. The van der Waals surface area contributed by atoms with Gasteiger partial charge in [0.2, 0.25) is 11.8 Å². The van der Waals surface area contributed by atoms with Crippen LogP contribution in [0.25, 0.3) is 22.3 Å². The van der Waals surface area contributed by atoms with Gasteiger partial charge in [-0.2, -0.15) is 0 Å². The van der Waals surface area contributed by atoms with Gasteiger partial charge in [0, 0.05) is 115 Å². The van der Waals surface area contributed by atoms with E-state index in [1.165, 1.54) is 0 Å². The third-order valence-electron chi connectivity index (χ3n) is 21.6. The van der Waals surface area contributed by atoms with Gasteiger partial charge < -0.3 is 53.8 Å². The van der Waals surface area contributed by atoms with Gasteiger partial charge in [-0.3, -0.25) is 38.6 Å². The Morgan fingerprint density at radius 2 is 1.20 bits per heavy atom. The van der Waals surface area contributed by atoms with Gasteiger partial charge in [-0.05, 0) is 144 Å². The van der Waals surface area contributed by atoms with E-state index in [1.807, 2.05) is 93.7 Å². The van der Waals surface area contributed by atoms with E-state index in [-0.39, 0.29) is 73.5 Å². The molecule has 5 atom stereocenters. The molecule has 0 aromatic heterocycles. The lowest BCUT2D eigenvalue weighted by molar-refractivity contribution is -0.127. The molecule has 0 spiro atoms. The molecule has 20 nitrogen and oxygen atoms in total. The molecule has 0 saturated carbocycles. The fourth-order valence-corrected chi connectivity index (χ4v) is 16.6. The van der Waals surface area contributed by atoms with Gasteiger partial charge in [0.15, 0.2) is 23.1 Å². The van der Waals surface area contributed by atoms with E-state index in [4.69, 9.17) is 28.4 Å². The minimum atomic E-state index is -1.50. The molecule has 6 aromatic rings. The first-order valence-electron chi connectivity index (χ1n) is 38.0. The van der Waals surface area contributed by atoms with Gasteiger partial charge >= 0.3 is 6.09 Å². The maximum atomic E-state index is 15.0. The van der Waals surface area contributed by atoms with Crippen LogP contribution in [0, 0.1) is 30.6 Å². The summed E-state index contributed by atoms with van der Waals surface area (Å²) < 4.78 is 37.2. The summed E-state index contributed by atoms with van der Waals surface area (Å²) in [6, 6.07) is 39.1. The molecular weight excluding hydrogens is 1380 g/mol. The van der Waals surface area contributed by atoms with E-state index < -0.39 is 52.1 Å². The summed E-state index contributed by atoms with van der Waals surface area (Å²) in [6.07, 6.45) is 5.65. The molecule has 4 aliphatic heterocycles. The van der Waals surface area contributed by atoms with Gasteiger partial charge in [0.1, 0.15) is 31.9 Å². The molecule has 5 amide bonds. The Morgan fingerprint density at radius 3 is 1.81 bits per heavy atom. The lowest BCUT2D eigenvalue weighted by atomic mass is 9.88. The zero-order chi connectivity index (χ0) is 76.0. The number of methoxy groups -OCH3 is 1. The molecule has 1 fully saturated rings. The lowest BCUT2D eigenvalue weighted by Crippen LogP contribution is -2.45. The number of nitrogens with one attached hydrogen (secondary N) is 2. The third kappa shape index (κ3) is 18.0. The van der Waals surface area contributed by atoms with Gasteiger partial charge in [-0.1, -0.05) is 139 Å². The molecule has 0 radical (unpaired) electrons. The van der Waals surface area contributed by atoms with Crippen molar-refractivity contribution in [1.29, 1.82) is 0 Å². The van der Waals surface area contributed by atoms with Gasteiger partial charge in [-0.15, -0.1) is 0 Å². The zero-order valence-corrected chi connectivity index (χ0v) is 66.2. The summed E-state index contributed by atoms with van der Waals surface area (Å²) in [6.45, 7) is 26.5. The van der Waals surface area contributed by atoms with Crippen LogP contribution >= 0.6 is 0 Å². The van der Waals surface area contributed by atoms with Crippen LogP contribution in [0.4, 0.5) is 27.5 Å². The second kappa shape index (κ2) is 33.5. The number of unbranched alkanes of at least 4 members (excludes halogenated alkanes) is 2. The lowest BCUT2D eigenvalue weighted by Gasteiger charge is -2.34. The highest BCUT2D eigenvalue weighted by molar-refractivity contribution is 6.76. The molecule has 0 bridgehead atoms. The van der Waals surface area contributed by atoms with E-state index in [2.05, 4.69) is 103 Å². The first-order chi connectivity index (χ1) is 51.2. The predicted octanol–water partition coefficient (Wildman–Crippen LogP) is 15.0. The smallest absolute Gasteiger partial charge is 0.407 e. The molecule has 107 heavy (non-hydrogen) atoms. The maximum Gasteiger partial charge on any atom is 0.407 e. The highest BCUT2D eigenvalue weighted by atomic mass is 28.3. The summed E-state index contributed by atoms with van der Waals surface area (Å²) in [5, 5.41) is 5.74. The molecular formula is C85H105N7O13Si2. The van der Waals surface area contributed by atoms with Crippen molar-refractivity contribution in [1.82, 2.24) is 15.1 Å². The van der Waals surface area contributed by atoms with Gasteiger partial charge in [0.05, 0.1) is 55.1 Å². The predicted molar refractivity (Wildman–Crippen MR) is 425 cm³/mol. The van der Waals surface area contributed by atoms with E-state index in [1.54, 1.807) is 53.0 Å². The quantitative estimate of drug-likeness (QED) is 0.0306. The number of carbonyl (C=O) groups is 7. The van der Waals surface area contributed by atoms with Gasteiger partial charge in [-0.25, -0.2) is 4.79 Å². The molecule has 1 unspecified atom stereocenters. The Bertz CT molecular complexity index is 4320. The Hall–Kier alpha value is -9.20. The second-order valence-corrected chi connectivity index (χ2v) is 43.5. The number of aryl methyl sites for hydroxylation is 1. The fourth-order valence-electron chi connectivity index (χ4n) is 15.1.